The summed E-state index contributed by atoms with van der Waals surface area (Å²) in [6.45, 7) is 4.55. The van der Waals surface area contributed by atoms with Crippen LogP contribution in [0.3, 0.4) is 0 Å². The van der Waals surface area contributed by atoms with E-state index in [4.69, 9.17) is 0 Å². The van der Waals surface area contributed by atoms with Gasteiger partial charge in [-0.25, -0.2) is 4.68 Å². The molecular formula is C19H25N3O. The lowest BCUT2D eigenvalue weighted by molar-refractivity contribution is -0.121. The van der Waals surface area contributed by atoms with Crippen LogP contribution in [0.5, 0.6) is 0 Å². The van der Waals surface area contributed by atoms with Crippen molar-refractivity contribution < 1.29 is 4.79 Å². The Hall–Kier alpha value is -2.10. The monoisotopic (exact) mass is 311 g/mol. The lowest BCUT2D eigenvalue weighted by Crippen LogP contribution is -2.44. The van der Waals surface area contributed by atoms with Crippen molar-refractivity contribution in [3.8, 4) is 5.69 Å². The fourth-order valence-corrected chi connectivity index (χ4v) is 3.42. The van der Waals surface area contributed by atoms with E-state index in [0.717, 1.165) is 17.7 Å². The molecule has 4 heteroatoms. The number of carbonyl (C=O) groups is 1. The van der Waals surface area contributed by atoms with Gasteiger partial charge in [0.15, 0.2) is 0 Å². The third-order valence-electron chi connectivity index (χ3n) is 5.12. The molecule has 0 bridgehead atoms. The largest absolute Gasteiger partial charge is 0.353 e. The zero-order valence-corrected chi connectivity index (χ0v) is 13.9. The molecule has 1 aromatic heterocycles. The van der Waals surface area contributed by atoms with E-state index in [1.807, 2.05) is 41.2 Å². The average Bonchev–Trinajstić information content (AvgIpc) is 3.07. The highest BCUT2D eigenvalue weighted by molar-refractivity contribution is 5.79. The Labute approximate surface area is 137 Å². The topological polar surface area (TPSA) is 46.9 Å². The molecule has 1 aromatic carbocycles. The molecule has 0 spiro atoms. The second-order valence-corrected chi connectivity index (χ2v) is 6.74. The lowest BCUT2D eigenvalue weighted by atomic mass is 9.78. The summed E-state index contributed by atoms with van der Waals surface area (Å²) in [7, 11) is 0. The first-order chi connectivity index (χ1) is 11.1. The molecule has 1 N–H and O–H groups in total. The van der Waals surface area contributed by atoms with E-state index in [2.05, 4.69) is 24.3 Å². The second kappa shape index (κ2) is 6.99. The smallest absolute Gasteiger partial charge is 0.224 e. The first-order valence-corrected chi connectivity index (χ1v) is 8.52. The summed E-state index contributed by atoms with van der Waals surface area (Å²) in [6.07, 6.45) is 7.71. The van der Waals surface area contributed by atoms with Gasteiger partial charge in [-0.3, -0.25) is 4.79 Å². The highest BCUT2D eigenvalue weighted by atomic mass is 16.1. The van der Waals surface area contributed by atoms with Crippen molar-refractivity contribution in [3.63, 3.8) is 0 Å². The Morgan fingerprint density at radius 1 is 1.26 bits per heavy atom. The number of nitrogens with one attached hydrogen (secondary N) is 1. The maximum absolute atomic E-state index is 12.3. The highest BCUT2D eigenvalue weighted by Crippen LogP contribution is 2.29. The van der Waals surface area contributed by atoms with Gasteiger partial charge in [0.1, 0.15) is 0 Å². The van der Waals surface area contributed by atoms with Crippen LogP contribution >= 0.6 is 0 Å². The van der Waals surface area contributed by atoms with Crippen LogP contribution in [0.15, 0.2) is 42.7 Å². The maximum Gasteiger partial charge on any atom is 0.224 e. The first kappa shape index (κ1) is 15.8. The molecule has 4 nitrogen and oxygen atoms in total. The van der Waals surface area contributed by atoms with E-state index >= 15 is 0 Å². The Morgan fingerprint density at radius 2 is 2.04 bits per heavy atom. The van der Waals surface area contributed by atoms with Gasteiger partial charge in [-0.1, -0.05) is 38.8 Å². The summed E-state index contributed by atoms with van der Waals surface area (Å²) in [5.41, 5.74) is 2.05. The van der Waals surface area contributed by atoms with Crippen molar-refractivity contribution in [2.45, 2.75) is 45.6 Å². The van der Waals surface area contributed by atoms with Crippen LogP contribution in [-0.4, -0.2) is 21.7 Å². The van der Waals surface area contributed by atoms with Crippen molar-refractivity contribution in [1.29, 1.82) is 0 Å². The van der Waals surface area contributed by atoms with Gasteiger partial charge in [-0.05, 0) is 42.0 Å². The average molecular weight is 311 g/mol. The molecule has 1 saturated carbocycles. The van der Waals surface area contributed by atoms with Crippen molar-refractivity contribution in [2.24, 2.45) is 11.8 Å². The lowest BCUT2D eigenvalue weighted by Gasteiger charge is -2.34. The summed E-state index contributed by atoms with van der Waals surface area (Å²) < 4.78 is 1.81. The second-order valence-electron chi connectivity index (χ2n) is 6.74. The number of rotatable bonds is 4. The van der Waals surface area contributed by atoms with Gasteiger partial charge in [0.05, 0.1) is 12.1 Å². The van der Waals surface area contributed by atoms with E-state index in [1.54, 1.807) is 6.20 Å². The molecule has 2 aromatic rings. The number of amides is 1. The van der Waals surface area contributed by atoms with Crippen molar-refractivity contribution in [2.75, 3.05) is 0 Å². The molecule has 0 unspecified atom stereocenters. The molecule has 0 saturated heterocycles. The standard InChI is InChI=1S/C19H25N3O/c1-14-5-3-6-18(15(14)2)21-19(23)13-16-7-9-17(10-8-16)22-12-4-11-20-22/h4,7-12,14-15,18H,3,5-6,13H2,1-2H3,(H,21,23)/t14-,15+,18-/m1/s1. The maximum atomic E-state index is 12.3. The molecule has 1 heterocycles. The van der Waals surface area contributed by atoms with Crippen molar-refractivity contribution >= 4 is 5.91 Å². The zero-order valence-electron chi connectivity index (χ0n) is 13.9. The predicted octanol–water partition coefficient (Wildman–Crippen LogP) is 3.36. The molecule has 1 fully saturated rings. The van der Waals surface area contributed by atoms with Gasteiger partial charge in [-0.15, -0.1) is 0 Å². The molecule has 1 aliphatic rings. The number of carbonyl (C=O) groups excluding carboxylic acids is 1. The van der Waals surface area contributed by atoms with Gasteiger partial charge in [-0.2, -0.15) is 5.10 Å². The SMILES string of the molecule is C[C@H]1[C@H](C)CCC[C@H]1NC(=O)Cc1ccc(-n2cccn2)cc1. The van der Waals surface area contributed by atoms with Crippen molar-refractivity contribution in [3.05, 3.63) is 48.3 Å². The van der Waals surface area contributed by atoms with Crippen LogP contribution < -0.4 is 5.32 Å². The van der Waals surface area contributed by atoms with E-state index in [0.29, 0.717) is 24.3 Å². The third-order valence-corrected chi connectivity index (χ3v) is 5.12. The molecular weight excluding hydrogens is 286 g/mol. The fraction of sp³-hybridized carbons (Fsp3) is 0.474. The molecule has 0 aliphatic heterocycles. The predicted molar refractivity (Wildman–Crippen MR) is 91.4 cm³/mol. The summed E-state index contributed by atoms with van der Waals surface area (Å²) in [5, 5.41) is 7.44. The number of hydrogen-bond acceptors (Lipinski definition) is 2. The molecule has 0 radical (unpaired) electrons. The Balaban J connectivity index is 1.57. The molecule has 122 valence electrons. The van der Waals surface area contributed by atoms with Crippen LogP contribution in [-0.2, 0) is 11.2 Å². The Bertz CT molecular complexity index is 633. The minimum absolute atomic E-state index is 0.128. The first-order valence-electron chi connectivity index (χ1n) is 8.52. The van der Waals surface area contributed by atoms with Gasteiger partial charge in [0.2, 0.25) is 5.91 Å². The molecule has 23 heavy (non-hydrogen) atoms. The molecule has 3 atom stereocenters. The minimum Gasteiger partial charge on any atom is -0.353 e. The summed E-state index contributed by atoms with van der Waals surface area (Å²) in [5.74, 6) is 1.39. The van der Waals surface area contributed by atoms with Gasteiger partial charge < -0.3 is 5.32 Å². The third kappa shape index (κ3) is 3.81. The van der Waals surface area contributed by atoms with Crippen LogP contribution in [0, 0.1) is 11.8 Å². The van der Waals surface area contributed by atoms with Crippen LogP contribution in [0.1, 0.15) is 38.7 Å². The number of aromatic nitrogens is 2. The molecule has 3 rings (SSSR count). The van der Waals surface area contributed by atoms with E-state index in [1.165, 1.54) is 12.8 Å². The van der Waals surface area contributed by atoms with Gasteiger partial charge in [0, 0.05) is 18.4 Å². The molecule has 1 aliphatic carbocycles. The van der Waals surface area contributed by atoms with Crippen molar-refractivity contribution in [1.82, 2.24) is 15.1 Å². The quantitative estimate of drug-likeness (QED) is 0.941. The normalized spacial score (nSPS) is 24.3. The number of hydrogen-bond donors (Lipinski definition) is 1. The summed E-state index contributed by atoms with van der Waals surface area (Å²) >= 11 is 0. The Morgan fingerprint density at radius 3 is 2.74 bits per heavy atom. The van der Waals surface area contributed by atoms with Crippen LogP contribution in [0.4, 0.5) is 0 Å². The minimum atomic E-state index is 0.128. The van der Waals surface area contributed by atoms with Gasteiger partial charge in [0.25, 0.3) is 0 Å². The number of nitrogens with zero attached hydrogens (tertiary/aromatic N) is 2. The summed E-state index contributed by atoms with van der Waals surface area (Å²) in [6, 6.07) is 10.2. The summed E-state index contributed by atoms with van der Waals surface area (Å²) in [4.78, 5) is 12.3. The molecule has 1 amide bonds. The van der Waals surface area contributed by atoms with Gasteiger partial charge >= 0.3 is 0 Å². The Kier molecular flexibility index (Phi) is 4.79. The number of benzene rings is 1. The highest BCUT2D eigenvalue weighted by Gasteiger charge is 2.27. The van der Waals surface area contributed by atoms with Crippen LogP contribution in [0.2, 0.25) is 0 Å². The fourth-order valence-electron chi connectivity index (χ4n) is 3.42. The zero-order chi connectivity index (χ0) is 16.2. The van der Waals surface area contributed by atoms with E-state index < -0.39 is 0 Å². The van der Waals surface area contributed by atoms with E-state index in [9.17, 15) is 4.79 Å². The van der Waals surface area contributed by atoms with E-state index in [-0.39, 0.29) is 5.91 Å². The van der Waals surface area contributed by atoms with Crippen LogP contribution in [0.25, 0.3) is 5.69 Å².